The van der Waals surface area contributed by atoms with Gasteiger partial charge in [0.15, 0.2) is 0 Å². The van der Waals surface area contributed by atoms with E-state index in [0.29, 0.717) is 16.8 Å². The average Bonchev–Trinajstić information content (AvgIpc) is 2.39. The normalized spacial score (nSPS) is 10.2. The van der Waals surface area contributed by atoms with E-state index < -0.39 is 0 Å². The molecule has 98 valence electrons. The molecule has 1 heterocycles. The molecule has 0 unspecified atom stereocenters. The third kappa shape index (κ3) is 3.45. The number of hydrogen-bond donors (Lipinski definition) is 3. The van der Waals surface area contributed by atoms with Gasteiger partial charge >= 0.3 is 0 Å². The number of benzene rings is 1. The zero-order chi connectivity index (χ0) is 13.8. The largest absolute Gasteiger partial charge is 0.508 e. The summed E-state index contributed by atoms with van der Waals surface area (Å²) in [6.07, 6.45) is 3.07. The molecule has 0 radical (unpaired) electrons. The molecule has 0 aliphatic carbocycles. The fourth-order valence-corrected chi connectivity index (χ4v) is 1.93. The topological polar surface area (TPSA) is 88.2 Å². The summed E-state index contributed by atoms with van der Waals surface area (Å²) in [5.41, 5.74) is 7.17. The van der Waals surface area contributed by atoms with Crippen LogP contribution in [0.3, 0.4) is 0 Å². The van der Waals surface area contributed by atoms with Gasteiger partial charge in [-0.2, -0.15) is 0 Å². The van der Waals surface area contributed by atoms with E-state index in [-0.39, 0.29) is 18.2 Å². The number of pyridine rings is 1. The summed E-state index contributed by atoms with van der Waals surface area (Å²) >= 11 is 3.25. The molecule has 0 spiro atoms. The van der Waals surface area contributed by atoms with E-state index in [2.05, 4.69) is 26.2 Å². The smallest absolute Gasteiger partial charge is 0.253 e. The molecule has 1 aromatic heterocycles. The van der Waals surface area contributed by atoms with Gasteiger partial charge in [-0.25, -0.2) is 0 Å². The van der Waals surface area contributed by atoms with E-state index in [1.165, 1.54) is 12.3 Å². The molecule has 0 bridgehead atoms. The number of hydrogen-bond acceptors (Lipinski definition) is 4. The predicted molar refractivity (Wildman–Crippen MR) is 75.6 cm³/mol. The van der Waals surface area contributed by atoms with Crippen LogP contribution in [0.1, 0.15) is 15.9 Å². The highest BCUT2D eigenvalue weighted by Gasteiger charge is 2.08. The molecule has 0 fully saturated rings. The number of nitrogens with two attached hydrogens (primary N) is 1. The Labute approximate surface area is 118 Å². The molecule has 1 amide bonds. The highest BCUT2D eigenvalue weighted by molar-refractivity contribution is 9.10. The van der Waals surface area contributed by atoms with Gasteiger partial charge < -0.3 is 16.2 Å². The van der Waals surface area contributed by atoms with Crippen molar-refractivity contribution in [1.29, 1.82) is 0 Å². The Hall–Kier alpha value is -2.08. The SMILES string of the molecule is Nc1ccc(O)c(CNC(=O)c2cncc(Br)c2)c1. The quantitative estimate of drug-likeness (QED) is 0.596. The molecule has 0 aliphatic heterocycles. The first-order valence-electron chi connectivity index (χ1n) is 5.52. The predicted octanol–water partition coefficient (Wildman–Crippen LogP) is 2.06. The van der Waals surface area contributed by atoms with Crippen molar-refractivity contribution < 1.29 is 9.90 Å². The number of aromatic nitrogens is 1. The Morgan fingerprint density at radius 1 is 1.37 bits per heavy atom. The highest BCUT2D eigenvalue weighted by atomic mass is 79.9. The Morgan fingerprint density at radius 3 is 2.89 bits per heavy atom. The van der Waals surface area contributed by atoms with Crippen LogP contribution in [-0.4, -0.2) is 16.0 Å². The number of nitrogens with one attached hydrogen (secondary N) is 1. The lowest BCUT2D eigenvalue weighted by atomic mass is 10.1. The lowest BCUT2D eigenvalue weighted by Crippen LogP contribution is -2.23. The zero-order valence-corrected chi connectivity index (χ0v) is 11.5. The van der Waals surface area contributed by atoms with Gasteiger partial charge in [0.05, 0.1) is 5.56 Å². The van der Waals surface area contributed by atoms with E-state index in [1.54, 1.807) is 24.4 Å². The van der Waals surface area contributed by atoms with Crippen molar-refractivity contribution in [3.63, 3.8) is 0 Å². The van der Waals surface area contributed by atoms with Gasteiger partial charge in [-0.3, -0.25) is 9.78 Å². The summed E-state index contributed by atoms with van der Waals surface area (Å²) in [6.45, 7) is 0.197. The third-order valence-corrected chi connectivity index (χ3v) is 2.94. The molecule has 5 nitrogen and oxygen atoms in total. The Kier molecular flexibility index (Phi) is 4.01. The first-order valence-corrected chi connectivity index (χ1v) is 6.31. The van der Waals surface area contributed by atoms with Crippen molar-refractivity contribution in [3.05, 3.63) is 52.3 Å². The van der Waals surface area contributed by atoms with Crippen LogP contribution < -0.4 is 11.1 Å². The maximum absolute atomic E-state index is 11.9. The van der Waals surface area contributed by atoms with E-state index in [9.17, 15) is 9.90 Å². The van der Waals surface area contributed by atoms with E-state index in [4.69, 9.17) is 5.73 Å². The lowest BCUT2D eigenvalue weighted by Gasteiger charge is -2.08. The van der Waals surface area contributed by atoms with Gasteiger partial charge in [-0.05, 0) is 40.2 Å². The molecule has 6 heteroatoms. The van der Waals surface area contributed by atoms with Crippen LogP contribution in [0.5, 0.6) is 5.75 Å². The number of nitrogens with zero attached hydrogens (tertiary/aromatic N) is 1. The van der Waals surface area contributed by atoms with Gasteiger partial charge in [0.1, 0.15) is 5.75 Å². The maximum atomic E-state index is 11.9. The standard InChI is InChI=1S/C13H12BrN3O2/c14-10-3-9(5-16-7-10)13(19)17-6-8-4-11(15)1-2-12(8)18/h1-5,7,18H,6,15H2,(H,17,19). The monoisotopic (exact) mass is 321 g/mol. The number of anilines is 1. The number of phenols is 1. The minimum Gasteiger partial charge on any atom is -0.508 e. The Morgan fingerprint density at radius 2 is 2.16 bits per heavy atom. The summed E-state index contributed by atoms with van der Waals surface area (Å²) in [5, 5.41) is 12.3. The highest BCUT2D eigenvalue weighted by Crippen LogP contribution is 2.19. The van der Waals surface area contributed by atoms with Crippen LogP contribution in [0.25, 0.3) is 0 Å². The van der Waals surface area contributed by atoms with E-state index in [0.717, 1.165) is 4.47 Å². The lowest BCUT2D eigenvalue weighted by molar-refractivity contribution is 0.0950. The minimum absolute atomic E-state index is 0.0990. The van der Waals surface area contributed by atoms with Crippen molar-refractivity contribution in [2.75, 3.05) is 5.73 Å². The van der Waals surface area contributed by atoms with Crippen LogP contribution in [-0.2, 0) is 6.54 Å². The Balaban J connectivity index is 2.06. The summed E-state index contributed by atoms with van der Waals surface area (Å²) in [4.78, 5) is 15.8. The molecule has 2 rings (SSSR count). The van der Waals surface area contributed by atoms with Crippen LogP contribution in [0.2, 0.25) is 0 Å². The number of carbonyl (C=O) groups is 1. The summed E-state index contributed by atoms with van der Waals surface area (Å²) < 4.78 is 0.729. The van der Waals surface area contributed by atoms with Gasteiger partial charge in [0.2, 0.25) is 0 Å². The fourth-order valence-electron chi connectivity index (χ4n) is 1.56. The van der Waals surface area contributed by atoms with Crippen LogP contribution in [0.4, 0.5) is 5.69 Å². The number of rotatable bonds is 3. The summed E-state index contributed by atoms with van der Waals surface area (Å²) in [6, 6.07) is 6.38. The number of carbonyl (C=O) groups excluding carboxylic acids is 1. The third-order valence-electron chi connectivity index (χ3n) is 2.51. The number of amides is 1. The van der Waals surface area contributed by atoms with E-state index >= 15 is 0 Å². The van der Waals surface area contributed by atoms with Crippen molar-refractivity contribution in [2.45, 2.75) is 6.54 Å². The Bertz CT molecular complexity index is 617. The van der Waals surface area contributed by atoms with Crippen molar-refractivity contribution in [2.24, 2.45) is 0 Å². The minimum atomic E-state index is -0.268. The summed E-state index contributed by atoms with van der Waals surface area (Å²) in [5.74, 6) is -0.169. The van der Waals surface area contributed by atoms with Crippen LogP contribution >= 0.6 is 15.9 Å². The maximum Gasteiger partial charge on any atom is 0.253 e. The number of aromatic hydroxyl groups is 1. The molecule has 0 saturated carbocycles. The first-order chi connectivity index (χ1) is 9.06. The molecular formula is C13H12BrN3O2. The van der Waals surface area contributed by atoms with E-state index in [1.807, 2.05) is 0 Å². The van der Waals surface area contributed by atoms with Gasteiger partial charge in [-0.1, -0.05) is 0 Å². The molecule has 1 aromatic carbocycles. The molecule has 2 aromatic rings. The number of halogens is 1. The molecule has 0 aliphatic rings. The number of nitrogen functional groups attached to an aromatic ring is 1. The van der Waals surface area contributed by atoms with Crippen molar-refractivity contribution >= 4 is 27.5 Å². The second-order valence-corrected chi connectivity index (χ2v) is 4.88. The van der Waals surface area contributed by atoms with Crippen LogP contribution in [0.15, 0.2) is 41.1 Å². The molecule has 19 heavy (non-hydrogen) atoms. The zero-order valence-electron chi connectivity index (χ0n) is 9.93. The first kappa shape index (κ1) is 13.4. The summed E-state index contributed by atoms with van der Waals surface area (Å²) in [7, 11) is 0. The van der Waals surface area contributed by atoms with Crippen molar-refractivity contribution in [3.8, 4) is 5.75 Å². The molecule has 0 saturated heterocycles. The molecular weight excluding hydrogens is 310 g/mol. The molecule has 0 atom stereocenters. The number of phenolic OH excluding ortho intramolecular Hbond substituents is 1. The fraction of sp³-hybridized carbons (Fsp3) is 0.0769. The second kappa shape index (κ2) is 5.71. The average molecular weight is 322 g/mol. The second-order valence-electron chi connectivity index (χ2n) is 3.96. The van der Waals surface area contributed by atoms with Gasteiger partial charge in [0.25, 0.3) is 5.91 Å². The van der Waals surface area contributed by atoms with Crippen LogP contribution in [0, 0.1) is 0 Å². The van der Waals surface area contributed by atoms with Gasteiger partial charge in [-0.15, -0.1) is 0 Å². The molecule has 4 N–H and O–H groups in total. The van der Waals surface area contributed by atoms with Gasteiger partial charge in [0, 0.05) is 34.7 Å². The van der Waals surface area contributed by atoms with Crippen molar-refractivity contribution in [1.82, 2.24) is 10.3 Å².